The van der Waals surface area contributed by atoms with Gasteiger partial charge in [-0.1, -0.05) is 18.2 Å². The first-order chi connectivity index (χ1) is 18.6. The minimum absolute atomic E-state index is 0.0347. The quantitative estimate of drug-likeness (QED) is 0.332. The van der Waals surface area contributed by atoms with Gasteiger partial charge in [-0.05, 0) is 60.8 Å². The van der Waals surface area contributed by atoms with E-state index < -0.39 is 21.7 Å². The van der Waals surface area contributed by atoms with Crippen LogP contribution in [0.2, 0.25) is 0 Å². The first-order valence-electron chi connectivity index (χ1n) is 12.4. The maximum atomic E-state index is 13.6. The van der Waals surface area contributed by atoms with Crippen molar-refractivity contribution in [2.45, 2.75) is 33.1 Å². The van der Waals surface area contributed by atoms with E-state index in [1.54, 1.807) is 19.6 Å². The first-order valence-corrected chi connectivity index (χ1v) is 14.2. The van der Waals surface area contributed by atoms with E-state index in [1.165, 1.54) is 35.6 Å². The molecule has 1 aliphatic heterocycles. The Hall–Kier alpha value is -3.83. The molecule has 1 radical (unpaired) electrons. The molecular weight excluding hydrogens is 522 g/mol. The standard InChI is InChI=1S/C28H27BFN2O6S/c1-16(2)37-25-12-20-24(38-27(26(20)28(33)31-3)17-8-10-19(30)11-9-17)13-23(25)32(39(4,34)35)14-18-6-5-7-22-21(18)15-36-29-22/h5-13,16H,14-15H2,1-4H3,(H,31,33). The van der Waals surface area contributed by atoms with Crippen molar-refractivity contribution < 1.29 is 31.4 Å². The van der Waals surface area contributed by atoms with E-state index in [0.29, 0.717) is 17.6 Å². The van der Waals surface area contributed by atoms with Gasteiger partial charge in [0.15, 0.2) is 0 Å². The van der Waals surface area contributed by atoms with Gasteiger partial charge in [0.05, 0.1) is 36.8 Å². The van der Waals surface area contributed by atoms with Crippen LogP contribution < -0.4 is 19.8 Å². The number of rotatable bonds is 8. The second-order valence-corrected chi connectivity index (χ2v) is 11.5. The molecule has 0 saturated carbocycles. The lowest BCUT2D eigenvalue weighted by Gasteiger charge is -2.26. The normalized spacial score (nSPS) is 12.9. The number of carbonyl (C=O) groups excluding carboxylic acids is 1. The molecule has 0 bridgehead atoms. The average molecular weight is 549 g/mol. The number of sulfonamides is 1. The molecule has 39 heavy (non-hydrogen) atoms. The number of nitrogens with zero attached hydrogens (tertiary/aromatic N) is 1. The number of furan rings is 1. The van der Waals surface area contributed by atoms with Crippen LogP contribution in [-0.2, 0) is 27.8 Å². The summed E-state index contributed by atoms with van der Waals surface area (Å²) in [4.78, 5) is 13.0. The fourth-order valence-corrected chi connectivity index (χ4v) is 5.52. The predicted octanol–water partition coefficient (Wildman–Crippen LogP) is 4.13. The first kappa shape index (κ1) is 26.8. The molecule has 1 amide bonds. The van der Waals surface area contributed by atoms with Gasteiger partial charge >= 0.3 is 7.48 Å². The van der Waals surface area contributed by atoms with E-state index >= 15 is 0 Å². The zero-order valence-corrected chi connectivity index (χ0v) is 22.8. The monoisotopic (exact) mass is 549 g/mol. The molecule has 5 rings (SSSR count). The molecule has 0 unspecified atom stereocenters. The minimum atomic E-state index is -3.80. The molecule has 0 fully saturated rings. The molecule has 8 nitrogen and oxygen atoms in total. The Labute approximate surface area is 227 Å². The van der Waals surface area contributed by atoms with Crippen LogP contribution in [0, 0.1) is 5.82 Å². The average Bonchev–Trinajstić information content (AvgIpc) is 3.51. The van der Waals surface area contributed by atoms with Crippen LogP contribution in [0.1, 0.15) is 35.3 Å². The molecular formula is C28H27BFN2O6S. The third-order valence-electron chi connectivity index (χ3n) is 6.42. The van der Waals surface area contributed by atoms with Crippen molar-refractivity contribution in [2.24, 2.45) is 0 Å². The van der Waals surface area contributed by atoms with Crippen molar-refractivity contribution in [3.8, 4) is 17.1 Å². The fraction of sp³-hybridized carbons (Fsp3) is 0.250. The highest BCUT2D eigenvalue weighted by molar-refractivity contribution is 7.92. The fourth-order valence-electron chi connectivity index (χ4n) is 4.65. The zero-order valence-electron chi connectivity index (χ0n) is 21.9. The predicted molar refractivity (Wildman–Crippen MR) is 148 cm³/mol. The van der Waals surface area contributed by atoms with Crippen molar-refractivity contribution in [2.75, 3.05) is 17.6 Å². The summed E-state index contributed by atoms with van der Waals surface area (Å²) in [7, 11) is -0.646. The lowest BCUT2D eigenvalue weighted by Crippen LogP contribution is -2.31. The molecule has 0 atom stereocenters. The maximum Gasteiger partial charge on any atom is 0.330 e. The number of ether oxygens (including phenoxy) is 1. The molecule has 3 aromatic carbocycles. The Morgan fingerprint density at radius 3 is 2.59 bits per heavy atom. The lowest BCUT2D eigenvalue weighted by molar-refractivity contribution is 0.0964. The third kappa shape index (κ3) is 5.24. The number of hydrogen-bond donors (Lipinski definition) is 1. The van der Waals surface area contributed by atoms with Gasteiger partial charge in [-0.15, -0.1) is 0 Å². The Kier molecular flexibility index (Phi) is 7.13. The van der Waals surface area contributed by atoms with Crippen LogP contribution in [0.3, 0.4) is 0 Å². The second kappa shape index (κ2) is 10.4. The number of benzene rings is 3. The van der Waals surface area contributed by atoms with E-state index in [9.17, 15) is 17.6 Å². The van der Waals surface area contributed by atoms with Crippen LogP contribution in [0.25, 0.3) is 22.3 Å². The van der Waals surface area contributed by atoms with Crippen molar-refractivity contribution in [1.82, 2.24) is 5.32 Å². The summed E-state index contributed by atoms with van der Waals surface area (Å²) >= 11 is 0. The molecule has 0 aliphatic carbocycles. The summed E-state index contributed by atoms with van der Waals surface area (Å²) in [6.07, 6.45) is 0.836. The number of fused-ring (bicyclic) bond motifs is 2. The number of carbonyl (C=O) groups is 1. The summed E-state index contributed by atoms with van der Waals surface area (Å²) in [5.41, 5.74) is 3.88. The van der Waals surface area contributed by atoms with Crippen LogP contribution >= 0.6 is 0 Å². The smallest absolute Gasteiger partial charge is 0.330 e. The van der Waals surface area contributed by atoms with Gasteiger partial charge in [0.1, 0.15) is 22.9 Å². The Bertz CT molecular complexity index is 1670. The van der Waals surface area contributed by atoms with Crippen LogP contribution in [0.15, 0.2) is 59.0 Å². The van der Waals surface area contributed by atoms with E-state index in [2.05, 4.69) is 5.32 Å². The van der Waals surface area contributed by atoms with E-state index in [1.807, 2.05) is 32.0 Å². The summed E-state index contributed by atoms with van der Waals surface area (Å²) in [6.45, 7) is 4.04. The van der Waals surface area contributed by atoms with Crippen molar-refractivity contribution in [1.29, 1.82) is 0 Å². The van der Waals surface area contributed by atoms with E-state index in [-0.39, 0.29) is 41.0 Å². The SMILES string of the molecule is CNC(=O)c1c(-c2ccc(F)cc2)oc2cc(N(Cc3cccc4c3CO[B]4)S(C)(=O)=O)c(OC(C)C)cc12. The highest BCUT2D eigenvalue weighted by atomic mass is 32.2. The van der Waals surface area contributed by atoms with Gasteiger partial charge in [-0.25, -0.2) is 12.8 Å². The molecule has 1 N–H and O–H groups in total. The van der Waals surface area contributed by atoms with Gasteiger partial charge in [0, 0.05) is 24.1 Å². The van der Waals surface area contributed by atoms with E-state index in [0.717, 1.165) is 22.8 Å². The lowest BCUT2D eigenvalue weighted by atomic mass is 9.85. The van der Waals surface area contributed by atoms with Crippen LogP contribution in [-0.4, -0.2) is 41.2 Å². The summed E-state index contributed by atoms with van der Waals surface area (Å²) in [5.74, 6) is -0.329. The van der Waals surface area contributed by atoms with Gasteiger partial charge in [-0.2, -0.15) is 0 Å². The van der Waals surface area contributed by atoms with Gasteiger partial charge < -0.3 is 19.1 Å². The molecule has 11 heteroatoms. The molecule has 2 heterocycles. The van der Waals surface area contributed by atoms with Crippen molar-refractivity contribution >= 4 is 45.5 Å². The Morgan fingerprint density at radius 1 is 1.18 bits per heavy atom. The summed E-state index contributed by atoms with van der Waals surface area (Å²) in [6, 6.07) is 14.4. The van der Waals surface area contributed by atoms with Gasteiger partial charge in [0.25, 0.3) is 5.91 Å². The topological polar surface area (TPSA) is 98.1 Å². The van der Waals surface area contributed by atoms with Crippen LogP contribution in [0.4, 0.5) is 10.1 Å². The molecule has 0 spiro atoms. The summed E-state index contributed by atoms with van der Waals surface area (Å²) in [5, 5.41) is 3.06. The number of hydrogen-bond acceptors (Lipinski definition) is 6. The number of amides is 1. The Balaban J connectivity index is 1.73. The van der Waals surface area contributed by atoms with E-state index in [4.69, 9.17) is 13.8 Å². The maximum absolute atomic E-state index is 13.6. The number of halogens is 1. The van der Waals surface area contributed by atoms with Crippen molar-refractivity contribution in [3.05, 3.63) is 77.1 Å². The zero-order chi connectivity index (χ0) is 27.9. The highest BCUT2D eigenvalue weighted by Gasteiger charge is 2.29. The van der Waals surface area contributed by atoms with Crippen LogP contribution in [0.5, 0.6) is 5.75 Å². The van der Waals surface area contributed by atoms with Gasteiger partial charge in [0.2, 0.25) is 10.0 Å². The molecule has 201 valence electrons. The highest BCUT2D eigenvalue weighted by Crippen LogP contribution is 2.42. The summed E-state index contributed by atoms with van der Waals surface area (Å²) < 4.78 is 59.0. The Morgan fingerprint density at radius 2 is 1.92 bits per heavy atom. The second-order valence-electron chi connectivity index (χ2n) is 9.56. The third-order valence-corrected chi connectivity index (χ3v) is 7.55. The number of nitrogens with one attached hydrogen (secondary N) is 1. The van der Waals surface area contributed by atoms with Crippen molar-refractivity contribution in [3.63, 3.8) is 0 Å². The number of anilines is 1. The molecule has 4 aromatic rings. The largest absolute Gasteiger partial charge is 0.489 e. The molecule has 1 aliphatic rings. The van der Waals surface area contributed by atoms with Gasteiger partial charge in [-0.3, -0.25) is 9.10 Å². The minimum Gasteiger partial charge on any atom is -0.489 e. The molecule has 1 aromatic heterocycles. The molecule has 0 saturated heterocycles.